The van der Waals surface area contributed by atoms with Gasteiger partial charge in [0.05, 0.1) is 25.8 Å². The molecule has 31 heavy (non-hydrogen) atoms. The van der Waals surface area contributed by atoms with E-state index in [9.17, 15) is 14.4 Å². The molecule has 2 aromatic rings. The number of hydrogen-bond donors (Lipinski definition) is 1. The zero-order chi connectivity index (χ0) is 22.8. The largest absolute Gasteiger partial charge is 0.465 e. The molecule has 3 rings (SSSR count). The van der Waals surface area contributed by atoms with Gasteiger partial charge in [0.1, 0.15) is 5.00 Å². The molecule has 0 saturated heterocycles. The molecule has 0 aliphatic carbocycles. The lowest BCUT2D eigenvalue weighted by molar-refractivity contribution is 0.0600. The second-order valence-corrected chi connectivity index (χ2v) is 9.46. The summed E-state index contributed by atoms with van der Waals surface area (Å²) < 4.78 is 10.1. The molecule has 2 amide bonds. The number of esters is 1. The van der Waals surface area contributed by atoms with Crippen molar-refractivity contribution < 1.29 is 23.9 Å². The molecule has 1 aliphatic heterocycles. The fourth-order valence-corrected chi connectivity index (χ4v) is 4.72. The van der Waals surface area contributed by atoms with Gasteiger partial charge in [-0.05, 0) is 42.0 Å². The number of nitrogens with one attached hydrogen (secondary N) is 1. The Morgan fingerprint density at radius 1 is 1.16 bits per heavy atom. The Labute approximate surface area is 186 Å². The number of amides is 2. The van der Waals surface area contributed by atoms with Crippen LogP contribution in [0.2, 0.25) is 0 Å². The maximum atomic E-state index is 12.9. The van der Waals surface area contributed by atoms with Gasteiger partial charge in [0.2, 0.25) is 0 Å². The quantitative estimate of drug-likeness (QED) is 0.697. The Hall–Kier alpha value is -2.87. The van der Waals surface area contributed by atoms with Crippen LogP contribution in [0.4, 0.5) is 9.80 Å². The van der Waals surface area contributed by atoms with E-state index in [0.29, 0.717) is 42.2 Å². The number of carbonyl (C=O) groups excluding carboxylic acids is 3. The van der Waals surface area contributed by atoms with Gasteiger partial charge >= 0.3 is 12.1 Å². The van der Waals surface area contributed by atoms with E-state index in [2.05, 4.69) is 26.1 Å². The lowest BCUT2D eigenvalue weighted by Crippen LogP contribution is -2.36. The number of benzene rings is 1. The second kappa shape index (κ2) is 9.09. The van der Waals surface area contributed by atoms with Gasteiger partial charge in [-0.25, -0.2) is 9.59 Å². The highest BCUT2D eigenvalue weighted by Gasteiger charge is 2.31. The van der Waals surface area contributed by atoms with Gasteiger partial charge in [0.25, 0.3) is 5.91 Å². The average Bonchev–Trinajstić information content (AvgIpc) is 3.09. The monoisotopic (exact) mass is 444 g/mol. The Morgan fingerprint density at radius 3 is 2.42 bits per heavy atom. The molecule has 2 heterocycles. The standard InChI is InChI=1S/C23H28N2O5S/c1-6-30-22(28)25-12-11-16-17(13-25)31-20(18(16)21(27)29-5)24-19(26)14-7-9-15(10-8-14)23(2,3)4/h7-10H,6,11-13H2,1-5H3,(H,24,26). The van der Waals surface area contributed by atoms with Gasteiger partial charge in [-0.2, -0.15) is 0 Å². The van der Waals surface area contributed by atoms with Gasteiger partial charge in [0, 0.05) is 17.0 Å². The van der Waals surface area contributed by atoms with Crippen molar-refractivity contribution in [3.63, 3.8) is 0 Å². The Morgan fingerprint density at radius 2 is 1.84 bits per heavy atom. The molecule has 0 radical (unpaired) electrons. The van der Waals surface area contributed by atoms with E-state index in [4.69, 9.17) is 9.47 Å². The third kappa shape index (κ3) is 4.90. The van der Waals surface area contributed by atoms with Crippen LogP contribution in [0.25, 0.3) is 0 Å². The molecule has 7 nitrogen and oxygen atoms in total. The lowest BCUT2D eigenvalue weighted by Gasteiger charge is -2.26. The Balaban J connectivity index is 1.86. The van der Waals surface area contributed by atoms with E-state index in [-0.39, 0.29) is 17.4 Å². The van der Waals surface area contributed by atoms with Crippen LogP contribution < -0.4 is 5.32 Å². The van der Waals surface area contributed by atoms with Crippen LogP contribution in [0.15, 0.2) is 24.3 Å². The molecular weight excluding hydrogens is 416 g/mol. The van der Waals surface area contributed by atoms with Crippen LogP contribution in [0.3, 0.4) is 0 Å². The summed E-state index contributed by atoms with van der Waals surface area (Å²) >= 11 is 1.29. The summed E-state index contributed by atoms with van der Waals surface area (Å²) in [6.07, 6.45) is 0.108. The van der Waals surface area contributed by atoms with Crippen molar-refractivity contribution in [3.8, 4) is 0 Å². The maximum absolute atomic E-state index is 12.9. The molecule has 0 fully saturated rings. The van der Waals surface area contributed by atoms with Gasteiger partial charge in [0.15, 0.2) is 0 Å². The first-order chi connectivity index (χ1) is 14.7. The summed E-state index contributed by atoms with van der Waals surface area (Å²) in [6, 6.07) is 7.44. The topological polar surface area (TPSA) is 84.9 Å². The number of carbonyl (C=O) groups is 3. The van der Waals surface area contributed by atoms with E-state index in [0.717, 1.165) is 16.0 Å². The van der Waals surface area contributed by atoms with Crippen LogP contribution in [0.1, 0.15) is 64.4 Å². The Bertz CT molecular complexity index is 989. The number of methoxy groups -OCH3 is 1. The summed E-state index contributed by atoms with van der Waals surface area (Å²) in [7, 11) is 1.32. The molecule has 1 aromatic heterocycles. The second-order valence-electron chi connectivity index (χ2n) is 8.35. The van der Waals surface area contributed by atoms with Crippen molar-refractivity contribution in [3.05, 3.63) is 51.4 Å². The fourth-order valence-electron chi connectivity index (χ4n) is 3.48. The maximum Gasteiger partial charge on any atom is 0.410 e. The number of anilines is 1. The number of rotatable bonds is 4. The van der Waals surface area contributed by atoms with Crippen LogP contribution >= 0.6 is 11.3 Å². The first kappa shape index (κ1) is 22.8. The van der Waals surface area contributed by atoms with Crippen molar-refractivity contribution in [2.45, 2.75) is 46.1 Å². The zero-order valence-electron chi connectivity index (χ0n) is 18.5. The van der Waals surface area contributed by atoms with E-state index in [1.54, 1.807) is 24.0 Å². The minimum Gasteiger partial charge on any atom is -0.465 e. The van der Waals surface area contributed by atoms with Crippen molar-refractivity contribution in [1.29, 1.82) is 0 Å². The van der Waals surface area contributed by atoms with E-state index >= 15 is 0 Å². The van der Waals surface area contributed by atoms with Crippen LogP contribution in [-0.4, -0.2) is 43.1 Å². The Kier molecular flexibility index (Phi) is 6.69. The van der Waals surface area contributed by atoms with Crippen LogP contribution in [-0.2, 0) is 27.9 Å². The van der Waals surface area contributed by atoms with Gasteiger partial charge in [-0.1, -0.05) is 32.9 Å². The van der Waals surface area contributed by atoms with Crippen molar-refractivity contribution in [2.24, 2.45) is 0 Å². The van der Waals surface area contributed by atoms with Gasteiger partial charge < -0.3 is 19.7 Å². The molecule has 0 saturated carbocycles. The third-order valence-electron chi connectivity index (χ3n) is 5.21. The summed E-state index contributed by atoms with van der Waals surface area (Å²) in [5, 5.41) is 3.31. The third-order valence-corrected chi connectivity index (χ3v) is 6.34. The highest BCUT2D eigenvalue weighted by atomic mass is 32.1. The van der Waals surface area contributed by atoms with Crippen molar-refractivity contribution in [1.82, 2.24) is 4.90 Å². The van der Waals surface area contributed by atoms with Crippen molar-refractivity contribution in [2.75, 3.05) is 25.6 Å². The highest BCUT2D eigenvalue weighted by Crippen LogP contribution is 2.38. The average molecular weight is 445 g/mol. The molecule has 166 valence electrons. The van der Waals surface area contributed by atoms with Gasteiger partial charge in [-0.15, -0.1) is 11.3 Å². The minimum atomic E-state index is -0.500. The molecule has 1 N–H and O–H groups in total. The number of fused-ring (bicyclic) bond motifs is 1. The molecular formula is C23H28N2O5S. The summed E-state index contributed by atoms with van der Waals surface area (Å²) in [4.78, 5) is 39.9. The summed E-state index contributed by atoms with van der Waals surface area (Å²) in [5.74, 6) is -0.799. The summed E-state index contributed by atoms with van der Waals surface area (Å²) in [6.45, 7) is 9.17. The number of ether oxygens (including phenoxy) is 2. The molecule has 1 aliphatic rings. The fraction of sp³-hybridized carbons (Fsp3) is 0.435. The molecule has 0 bridgehead atoms. The first-order valence-electron chi connectivity index (χ1n) is 10.2. The predicted molar refractivity (Wildman–Crippen MR) is 120 cm³/mol. The highest BCUT2D eigenvalue weighted by molar-refractivity contribution is 7.17. The molecule has 0 unspecified atom stereocenters. The van der Waals surface area contributed by atoms with E-state index < -0.39 is 5.97 Å². The molecule has 1 aromatic carbocycles. The van der Waals surface area contributed by atoms with Crippen LogP contribution in [0.5, 0.6) is 0 Å². The van der Waals surface area contributed by atoms with Gasteiger partial charge in [-0.3, -0.25) is 4.79 Å². The zero-order valence-corrected chi connectivity index (χ0v) is 19.4. The summed E-state index contributed by atoms with van der Waals surface area (Å²) in [5.41, 5.74) is 2.81. The predicted octanol–water partition coefficient (Wildman–Crippen LogP) is 4.60. The molecule has 0 atom stereocenters. The molecule has 0 spiro atoms. The van der Waals surface area contributed by atoms with Crippen LogP contribution in [0, 0.1) is 0 Å². The normalized spacial score (nSPS) is 13.4. The number of nitrogens with zero attached hydrogens (tertiary/aromatic N) is 1. The minimum absolute atomic E-state index is 0.00926. The first-order valence-corrected chi connectivity index (χ1v) is 11.0. The number of hydrogen-bond acceptors (Lipinski definition) is 6. The smallest absolute Gasteiger partial charge is 0.410 e. The molecule has 8 heteroatoms. The number of thiophene rings is 1. The lowest BCUT2D eigenvalue weighted by atomic mass is 9.87. The van der Waals surface area contributed by atoms with Crippen molar-refractivity contribution >= 4 is 34.3 Å². The SMILES string of the molecule is CCOC(=O)N1CCc2c(sc(NC(=O)c3ccc(C(C)(C)C)cc3)c2C(=O)OC)C1. The van der Waals surface area contributed by atoms with E-state index in [1.807, 2.05) is 12.1 Å². The van der Waals surface area contributed by atoms with E-state index in [1.165, 1.54) is 18.4 Å².